The summed E-state index contributed by atoms with van der Waals surface area (Å²) in [6, 6.07) is 20.7. The van der Waals surface area contributed by atoms with Crippen LogP contribution in [0.3, 0.4) is 0 Å². The summed E-state index contributed by atoms with van der Waals surface area (Å²) < 4.78 is 10.3. The van der Waals surface area contributed by atoms with Crippen LogP contribution in [-0.4, -0.2) is 26.3 Å². The van der Waals surface area contributed by atoms with Crippen molar-refractivity contribution in [3.63, 3.8) is 0 Å². The molecule has 0 bridgehead atoms. The minimum Gasteiger partial charge on any atom is -0.460 e. The second-order valence-electron chi connectivity index (χ2n) is 6.34. The van der Waals surface area contributed by atoms with Crippen molar-refractivity contribution in [3.8, 4) is 0 Å². The monoisotopic (exact) mass is 332 g/mol. The molecule has 3 aromatic carbocycles. The van der Waals surface area contributed by atoms with Gasteiger partial charge in [-0.25, -0.2) is 4.79 Å². The van der Waals surface area contributed by atoms with Crippen molar-refractivity contribution < 1.29 is 14.3 Å². The summed E-state index contributed by atoms with van der Waals surface area (Å²) in [5.41, 5.74) is 4.54. The zero-order chi connectivity index (χ0) is 17.2. The van der Waals surface area contributed by atoms with Crippen LogP contribution in [0.25, 0.3) is 10.8 Å². The van der Waals surface area contributed by atoms with E-state index in [-0.39, 0.29) is 12.6 Å². The number of carbonyl (C=O) groups is 1. The van der Waals surface area contributed by atoms with Crippen LogP contribution < -0.4 is 0 Å². The molecule has 4 rings (SSSR count). The minimum atomic E-state index is -0.288. The van der Waals surface area contributed by atoms with Gasteiger partial charge in [0.2, 0.25) is 0 Å². The third kappa shape index (κ3) is 2.81. The molecule has 3 nitrogen and oxygen atoms in total. The van der Waals surface area contributed by atoms with Gasteiger partial charge in [0, 0.05) is 13.0 Å². The van der Waals surface area contributed by atoms with Crippen molar-refractivity contribution in [3.05, 3.63) is 82.9 Å². The Morgan fingerprint density at radius 2 is 1.84 bits per heavy atom. The van der Waals surface area contributed by atoms with Crippen molar-refractivity contribution in [2.45, 2.75) is 12.3 Å². The molecule has 0 spiro atoms. The molecule has 0 aliphatic heterocycles. The first-order valence-corrected chi connectivity index (χ1v) is 8.55. The molecule has 3 heteroatoms. The number of rotatable bonds is 5. The maximum Gasteiger partial charge on any atom is 0.338 e. The van der Waals surface area contributed by atoms with Crippen LogP contribution in [0.2, 0.25) is 0 Å². The first-order chi connectivity index (χ1) is 12.3. The number of carbonyl (C=O) groups excluding carboxylic acids is 1. The molecular weight excluding hydrogens is 312 g/mol. The van der Waals surface area contributed by atoms with Crippen LogP contribution in [0.5, 0.6) is 0 Å². The molecule has 3 aromatic rings. The Balaban J connectivity index is 1.76. The molecule has 1 atom stereocenters. The maximum atomic E-state index is 12.5. The van der Waals surface area contributed by atoms with E-state index < -0.39 is 0 Å². The number of ether oxygens (including phenoxy) is 2. The summed E-state index contributed by atoms with van der Waals surface area (Å²) >= 11 is 0. The maximum absolute atomic E-state index is 12.5. The lowest BCUT2D eigenvalue weighted by atomic mass is 9.91. The molecule has 0 aromatic heterocycles. The van der Waals surface area contributed by atoms with Crippen LogP contribution in [-0.2, 0) is 15.9 Å². The van der Waals surface area contributed by atoms with E-state index in [4.69, 9.17) is 9.47 Å². The summed E-state index contributed by atoms with van der Waals surface area (Å²) in [6.07, 6.45) is 0.971. The Hall–Kier alpha value is -2.65. The highest BCUT2D eigenvalue weighted by Gasteiger charge is 2.27. The van der Waals surface area contributed by atoms with E-state index in [9.17, 15) is 4.79 Å². The van der Waals surface area contributed by atoms with Crippen molar-refractivity contribution >= 4 is 16.7 Å². The fraction of sp³-hybridized carbons (Fsp3) is 0.227. The average Bonchev–Trinajstić information content (AvgIpc) is 3.03. The summed E-state index contributed by atoms with van der Waals surface area (Å²) in [5, 5.41) is 2.19. The lowest BCUT2D eigenvalue weighted by Gasteiger charge is -2.13. The SMILES string of the molecule is COCCOC(=O)c1ccc2c3c(cccc13)CC2c1ccccc1. The van der Waals surface area contributed by atoms with Crippen LogP contribution in [0.4, 0.5) is 0 Å². The second-order valence-corrected chi connectivity index (χ2v) is 6.34. The van der Waals surface area contributed by atoms with E-state index in [0.29, 0.717) is 18.1 Å². The predicted octanol–water partition coefficient (Wildman–Crippen LogP) is 4.33. The summed E-state index contributed by atoms with van der Waals surface area (Å²) in [7, 11) is 1.59. The molecule has 1 unspecified atom stereocenters. The molecule has 0 fully saturated rings. The standard InChI is InChI=1S/C22H20O3/c1-24-12-13-25-22(23)19-11-10-18-20(15-6-3-2-4-7-15)14-16-8-5-9-17(19)21(16)18/h2-11,20H,12-14H2,1H3. The first-order valence-electron chi connectivity index (χ1n) is 8.55. The molecule has 0 heterocycles. The van der Waals surface area contributed by atoms with Gasteiger partial charge in [0.25, 0.3) is 0 Å². The number of hydrogen-bond donors (Lipinski definition) is 0. The first kappa shape index (κ1) is 15.9. The van der Waals surface area contributed by atoms with Gasteiger partial charge in [-0.2, -0.15) is 0 Å². The van der Waals surface area contributed by atoms with Crippen LogP contribution in [0, 0.1) is 0 Å². The van der Waals surface area contributed by atoms with Gasteiger partial charge in [-0.3, -0.25) is 0 Å². The van der Waals surface area contributed by atoms with E-state index in [1.807, 2.05) is 24.3 Å². The molecule has 0 saturated carbocycles. The van der Waals surface area contributed by atoms with Crippen molar-refractivity contribution in [1.29, 1.82) is 0 Å². The van der Waals surface area contributed by atoms with Gasteiger partial charge >= 0.3 is 5.97 Å². The fourth-order valence-corrected chi connectivity index (χ4v) is 3.76. The Labute approximate surface area is 147 Å². The van der Waals surface area contributed by atoms with Crippen molar-refractivity contribution in [2.75, 3.05) is 20.3 Å². The smallest absolute Gasteiger partial charge is 0.338 e. The van der Waals surface area contributed by atoms with E-state index in [1.54, 1.807) is 7.11 Å². The van der Waals surface area contributed by atoms with Gasteiger partial charge < -0.3 is 9.47 Å². The van der Waals surface area contributed by atoms with Crippen molar-refractivity contribution in [2.24, 2.45) is 0 Å². The fourth-order valence-electron chi connectivity index (χ4n) is 3.76. The molecule has 126 valence electrons. The summed E-state index contributed by atoms with van der Waals surface area (Å²) in [5.74, 6) is 0.0589. The number of benzene rings is 3. The van der Waals surface area contributed by atoms with Gasteiger partial charge in [0.05, 0.1) is 12.2 Å². The normalized spacial score (nSPS) is 15.5. The van der Waals surface area contributed by atoms with Gasteiger partial charge in [-0.1, -0.05) is 54.6 Å². The quantitative estimate of drug-likeness (QED) is 0.515. The Morgan fingerprint density at radius 1 is 1.00 bits per heavy atom. The third-order valence-electron chi connectivity index (χ3n) is 4.90. The van der Waals surface area contributed by atoms with E-state index in [2.05, 4.69) is 36.4 Å². The molecule has 25 heavy (non-hydrogen) atoms. The Bertz CT molecular complexity index is 915. The predicted molar refractivity (Wildman–Crippen MR) is 98.1 cm³/mol. The Morgan fingerprint density at radius 3 is 2.64 bits per heavy atom. The van der Waals surface area contributed by atoms with Gasteiger partial charge in [-0.15, -0.1) is 0 Å². The minimum absolute atomic E-state index is 0.269. The van der Waals surface area contributed by atoms with Crippen molar-refractivity contribution in [1.82, 2.24) is 0 Å². The van der Waals surface area contributed by atoms with Gasteiger partial charge in [0.15, 0.2) is 0 Å². The zero-order valence-electron chi connectivity index (χ0n) is 14.2. The van der Waals surface area contributed by atoms with Gasteiger partial charge in [0.1, 0.15) is 6.61 Å². The molecule has 0 saturated heterocycles. The Kier molecular flexibility index (Phi) is 4.24. The van der Waals surface area contributed by atoms with Crippen LogP contribution in [0.15, 0.2) is 60.7 Å². The molecule has 0 amide bonds. The number of hydrogen-bond acceptors (Lipinski definition) is 3. The van der Waals surface area contributed by atoms with Gasteiger partial charge in [-0.05, 0) is 39.9 Å². The third-order valence-corrected chi connectivity index (χ3v) is 4.90. The van der Waals surface area contributed by atoms with E-state index in [1.165, 1.54) is 22.1 Å². The lowest BCUT2D eigenvalue weighted by Crippen LogP contribution is -2.10. The van der Waals surface area contributed by atoms with E-state index >= 15 is 0 Å². The molecular formula is C22H20O3. The molecule has 1 aliphatic carbocycles. The largest absolute Gasteiger partial charge is 0.460 e. The van der Waals surface area contributed by atoms with Crippen LogP contribution in [0.1, 0.15) is 33.0 Å². The topological polar surface area (TPSA) is 35.5 Å². The summed E-state index contributed by atoms with van der Waals surface area (Å²) in [4.78, 5) is 12.5. The molecule has 0 N–H and O–H groups in total. The number of esters is 1. The molecule has 0 radical (unpaired) electrons. The average molecular weight is 332 g/mol. The molecule has 1 aliphatic rings. The highest BCUT2D eigenvalue weighted by molar-refractivity contribution is 6.07. The van der Waals surface area contributed by atoms with E-state index in [0.717, 1.165) is 11.8 Å². The second kappa shape index (κ2) is 6.69. The lowest BCUT2D eigenvalue weighted by molar-refractivity contribution is 0.0390. The highest BCUT2D eigenvalue weighted by atomic mass is 16.6. The zero-order valence-corrected chi connectivity index (χ0v) is 14.2. The highest BCUT2D eigenvalue weighted by Crippen LogP contribution is 2.42. The van der Waals surface area contributed by atoms with Crippen LogP contribution >= 0.6 is 0 Å². The number of methoxy groups -OCH3 is 1. The summed E-state index contributed by atoms with van der Waals surface area (Å²) in [6.45, 7) is 0.675.